The molecule has 0 spiro atoms. The molecule has 2 nitrogen and oxygen atoms in total. The zero-order valence-electron chi connectivity index (χ0n) is 12.7. The predicted molar refractivity (Wildman–Crippen MR) is 99.7 cm³/mol. The Morgan fingerprint density at radius 2 is 0.583 bits per heavy atom. The van der Waals surface area contributed by atoms with Gasteiger partial charge in [0.05, 0.1) is 0 Å². The minimum Gasteiger partial charge on any atom is -0.507 e. The molecule has 2 N–H and O–H groups in total. The van der Waals surface area contributed by atoms with Crippen molar-refractivity contribution in [3.8, 4) is 11.5 Å². The average Bonchev–Trinajstić information content (AvgIpc) is 2.61. The second kappa shape index (κ2) is 3.80. The van der Waals surface area contributed by atoms with Crippen LogP contribution in [0, 0.1) is 0 Å². The molecule has 6 aromatic rings. The Kier molecular flexibility index (Phi) is 1.93. The molecule has 24 heavy (non-hydrogen) atoms. The maximum absolute atomic E-state index is 10.6. The first kappa shape index (κ1) is 12.2. The van der Waals surface area contributed by atoms with Crippen LogP contribution >= 0.6 is 0 Å². The normalized spacial score (nSPS) is 12.5. The zero-order valence-corrected chi connectivity index (χ0v) is 12.7. The largest absolute Gasteiger partial charge is 0.507 e. The van der Waals surface area contributed by atoms with Crippen LogP contribution in [-0.4, -0.2) is 10.2 Å². The highest BCUT2D eigenvalue weighted by Crippen LogP contribution is 2.49. The van der Waals surface area contributed by atoms with Crippen LogP contribution in [-0.2, 0) is 0 Å². The van der Waals surface area contributed by atoms with Gasteiger partial charge in [-0.2, -0.15) is 0 Å². The van der Waals surface area contributed by atoms with Crippen LogP contribution in [0.15, 0.2) is 60.7 Å². The molecule has 0 aromatic heterocycles. The van der Waals surface area contributed by atoms with Crippen molar-refractivity contribution in [2.45, 2.75) is 0 Å². The molecule has 0 saturated carbocycles. The van der Waals surface area contributed by atoms with Crippen molar-refractivity contribution in [1.29, 1.82) is 0 Å². The van der Waals surface area contributed by atoms with Gasteiger partial charge in [-0.25, -0.2) is 0 Å². The van der Waals surface area contributed by atoms with Crippen LogP contribution < -0.4 is 0 Å². The maximum Gasteiger partial charge on any atom is 0.124 e. The van der Waals surface area contributed by atoms with Crippen molar-refractivity contribution in [3.63, 3.8) is 0 Å². The molecule has 0 heterocycles. The Labute approximate surface area is 136 Å². The molecule has 2 heteroatoms. The number of hydrogen-bond acceptors (Lipinski definition) is 2. The molecule has 0 amide bonds. The Morgan fingerprint density at radius 3 is 0.917 bits per heavy atom. The number of aromatic hydroxyl groups is 2. The molecule has 0 aliphatic rings. The molecule has 6 aromatic carbocycles. The van der Waals surface area contributed by atoms with E-state index in [1.165, 1.54) is 10.8 Å². The van der Waals surface area contributed by atoms with E-state index in [4.69, 9.17) is 0 Å². The van der Waals surface area contributed by atoms with E-state index in [-0.39, 0.29) is 11.5 Å². The van der Waals surface area contributed by atoms with E-state index in [1.54, 1.807) is 12.1 Å². The number of rotatable bonds is 0. The fraction of sp³-hybridized carbons (Fsp3) is 0. The fourth-order valence-electron chi connectivity index (χ4n) is 4.35. The molecule has 6 rings (SSSR count). The zero-order chi connectivity index (χ0) is 16.0. The lowest BCUT2D eigenvalue weighted by Crippen LogP contribution is -1.90. The van der Waals surface area contributed by atoms with E-state index < -0.39 is 0 Å². The van der Waals surface area contributed by atoms with Crippen molar-refractivity contribution < 1.29 is 10.2 Å². The van der Waals surface area contributed by atoms with Crippen molar-refractivity contribution in [2.75, 3.05) is 0 Å². The summed E-state index contributed by atoms with van der Waals surface area (Å²) in [5.74, 6) is 0.425. The summed E-state index contributed by atoms with van der Waals surface area (Å²) in [6.07, 6.45) is 0. The molecule has 0 radical (unpaired) electrons. The van der Waals surface area contributed by atoms with Crippen LogP contribution in [0.2, 0.25) is 0 Å². The van der Waals surface area contributed by atoms with Crippen molar-refractivity contribution in [2.24, 2.45) is 0 Å². The second-order valence-electron chi connectivity index (χ2n) is 6.51. The van der Waals surface area contributed by atoms with Crippen LogP contribution in [0.1, 0.15) is 0 Å². The SMILES string of the molecule is Oc1ccc2ccc3ccc4ccc5ccc(O)c6c1c2c3c4c56. The lowest BCUT2D eigenvalue weighted by molar-refractivity contribution is 0.477. The molecule has 0 aliphatic heterocycles. The minimum atomic E-state index is 0.212. The molecule has 0 saturated heterocycles. The van der Waals surface area contributed by atoms with E-state index in [1.807, 2.05) is 12.1 Å². The van der Waals surface area contributed by atoms with E-state index in [0.29, 0.717) is 0 Å². The summed E-state index contributed by atoms with van der Waals surface area (Å²) in [5.41, 5.74) is 0. The van der Waals surface area contributed by atoms with Gasteiger partial charge in [-0.15, -0.1) is 0 Å². The van der Waals surface area contributed by atoms with Crippen molar-refractivity contribution >= 4 is 53.9 Å². The highest BCUT2D eigenvalue weighted by molar-refractivity contribution is 6.41. The van der Waals surface area contributed by atoms with Gasteiger partial charge >= 0.3 is 0 Å². The van der Waals surface area contributed by atoms with E-state index in [9.17, 15) is 10.2 Å². The van der Waals surface area contributed by atoms with Crippen LogP contribution in [0.4, 0.5) is 0 Å². The van der Waals surface area contributed by atoms with Gasteiger partial charge in [0.2, 0.25) is 0 Å². The van der Waals surface area contributed by atoms with Gasteiger partial charge in [0.15, 0.2) is 0 Å². The summed E-state index contributed by atoms with van der Waals surface area (Å²) in [7, 11) is 0. The van der Waals surface area contributed by atoms with Crippen molar-refractivity contribution in [3.05, 3.63) is 60.7 Å². The van der Waals surface area contributed by atoms with Crippen LogP contribution in [0.3, 0.4) is 0 Å². The Morgan fingerprint density at radius 1 is 0.333 bits per heavy atom. The third-order valence-corrected chi connectivity index (χ3v) is 5.34. The third kappa shape index (κ3) is 1.21. The minimum absolute atomic E-state index is 0.212. The summed E-state index contributed by atoms with van der Waals surface area (Å²) in [4.78, 5) is 0. The molecule has 0 fully saturated rings. The number of benzene rings is 6. The van der Waals surface area contributed by atoms with Gasteiger partial charge in [0, 0.05) is 21.5 Å². The van der Waals surface area contributed by atoms with E-state index in [2.05, 4.69) is 36.4 Å². The van der Waals surface area contributed by atoms with Gasteiger partial charge in [-0.1, -0.05) is 48.5 Å². The number of phenolic OH excluding ortho intramolecular Hbond substituents is 2. The number of phenols is 2. The van der Waals surface area contributed by atoms with Gasteiger partial charge in [0.1, 0.15) is 11.5 Å². The van der Waals surface area contributed by atoms with Crippen LogP contribution in [0.5, 0.6) is 11.5 Å². The monoisotopic (exact) mass is 308 g/mol. The lowest BCUT2D eigenvalue weighted by Gasteiger charge is -2.19. The summed E-state index contributed by atoms with van der Waals surface area (Å²) in [6, 6.07) is 20.0. The molecular weight excluding hydrogens is 296 g/mol. The third-order valence-electron chi connectivity index (χ3n) is 5.34. The standard InChI is InChI=1S/C22H12O2/c23-15-9-7-13-5-3-11-1-2-12-4-6-14-8-10-16(24)22-20(14)18(12)17(11)19(13)21(15)22/h1-10,23-24H. The molecule has 0 unspecified atom stereocenters. The molecule has 0 aliphatic carbocycles. The fourth-order valence-corrected chi connectivity index (χ4v) is 4.35. The Bertz CT molecular complexity index is 1290. The number of fused-ring (bicyclic) bond motifs is 1. The van der Waals surface area contributed by atoms with E-state index >= 15 is 0 Å². The highest BCUT2D eigenvalue weighted by atomic mass is 16.3. The van der Waals surface area contributed by atoms with Gasteiger partial charge in [0.25, 0.3) is 0 Å². The lowest BCUT2D eigenvalue weighted by atomic mass is 9.85. The summed E-state index contributed by atoms with van der Waals surface area (Å²) in [6.45, 7) is 0. The summed E-state index contributed by atoms with van der Waals surface area (Å²) >= 11 is 0. The first-order chi connectivity index (χ1) is 11.7. The quantitative estimate of drug-likeness (QED) is 0.277. The molecule has 0 bridgehead atoms. The molecule has 112 valence electrons. The summed E-state index contributed by atoms with van der Waals surface area (Å²) < 4.78 is 0. The van der Waals surface area contributed by atoms with Gasteiger partial charge in [-0.05, 0) is 44.5 Å². The summed E-state index contributed by atoms with van der Waals surface area (Å²) in [5, 5.41) is 31.6. The first-order valence-electron chi connectivity index (χ1n) is 8.00. The Balaban J connectivity index is 2.22. The smallest absolute Gasteiger partial charge is 0.124 e. The van der Waals surface area contributed by atoms with Gasteiger partial charge in [-0.3, -0.25) is 0 Å². The molecular formula is C22H12O2. The van der Waals surface area contributed by atoms with Gasteiger partial charge < -0.3 is 10.2 Å². The van der Waals surface area contributed by atoms with Crippen molar-refractivity contribution in [1.82, 2.24) is 0 Å². The van der Waals surface area contributed by atoms with E-state index in [0.717, 1.165) is 43.1 Å². The number of hydrogen-bond donors (Lipinski definition) is 2. The predicted octanol–water partition coefficient (Wildman–Crippen LogP) is 5.74. The first-order valence-corrected chi connectivity index (χ1v) is 8.00. The highest BCUT2D eigenvalue weighted by Gasteiger charge is 2.20. The maximum atomic E-state index is 10.6. The topological polar surface area (TPSA) is 40.5 Å². The Hall–Kier alpha value is -3.26. The second-order valence-corrected chi connectivity index (χ2v) is 6.51. The van der Waals surface area contributed by atoms with Crippen LogP contribution in [0.25, 0.3) is 53.9 Å². The average molecular weight is 308 g/mol. The molecule has 0 atom stereocenters.